The molecule has 0 unspecified atom stereocenters. The second-order valence-electron chi connectivity index (χ2n) is 4.43. The van der Waals surface area contributed by atoms with Gasteiger partial charge in [0.15, 0.2) is 5.13 Å². The zero-order valence-corrected chi connectivity index (χ0v) is 11.4. The number of benzene rings is 2. The molecule has 2 aromatic carbocycles. The van der Waals surface area contributed by atoms with Crippen LogP contribution in [0.5, 0.6) is 5.75 Å². The Morgan fingerprint density at radius 2 is 2.05 bits per heavy atom. The molecule has 1 heterocycles. The zero-order valence-electron chi connectivity index (χ0n) is 10.6. The van der Waals surface area contributed by atoms with Crippen LogP contribution in [-0.2, 0) is 6.54 Å². The summed E-state index contributed by atoms with van der Waals surface area (Å²) in [5.74, 6) is 0.319. The summed E-state index contributed by atoms with van der Waals surface area (Å²) < 4.78 is 0. The molecule has 3 rings (SSSR count). The molecule has 3 aromatic rings. The van der Waals surface area contributed by atoms with Gasteiger partial charge in [-0.05, 0) is 23.8 Å². The van der Waals surface area contributed by atoms with Crippen LogP contribution in [0.25, 0.3) is 10.8 Å². The van der Waals surface area contributed by atoms with Crippen LogP contribution in [0.15, 0.2) is 41.8 Å². The standard InChI is InChI=1S/C15H14N2OS/c1-10-9-19-15(17-10)16-8-13-12-5-3-2-4-11(12)6-7-14(13)18/h2-7,9,18H,8H2,1H3,(H,16,17). The molecule has 0 saturated carbocycles. The van der Waals surface area contributed by atoms with Gasteiger partial charge in [-0.1, -0.05) is 30.3 Å². The molecule has 0 aliphatic heterocycles. The van der Waals surface area contributed by atoms with Crippen LogP contribution in [-0.4, -0.2) is 10.1 Å². The summed E-state index contributed by atoms with van der Waals surface area (Å²) >= 11 is 1.58. The van der Waals surface area contributed by atoms with Gasteiger partial charge in [-0.2, -0.15) is 0 Å². The first-order valence-corrected chi connectivity index (χ1v) is 6.97. The number of thiazole rings is 1. The molecule has 0 atom stereocenters. The van der Waals surface area contributed by atoms with E-state index in [1.165, 1.54) is 0 Å². The van der Waals surface area contributed by atoms with Crippen molar-refractivity contribution in [3.63, 3.8) is 0 Å². The van der Waals surface area contributed by atoms with E-state index in [4.69, 9.17) is 0 Å². The van der Waals surface area contributed by atoms with Gasteiger partial charge in [-0.15, -0.1) is 11.3 Å². The fourth-order valence-corrected chi connectivity index (χ4v) is 2.80. The summed E-state index contributed by atoms with van der Waals surface area (Å²) in [6.45, 7) is 2.54. The van der Waals surface area contributed by atoms with E-state index in [1.807, 2.05) is 42.6 Å². The van der Waals surface area contributed by atoms with Gasteiger partial charge in [0, 0.05) is 17.5 Å². The number of nitrogens with one attached hydrogen (secondary N) is 1. The molecular weight excluding hydrogens is 256 g/mol. The second-order valence-corrected chi connectivity index (χ2v) is 5.29. The number of rotatable bonds is 3. The van der Waals surface area contributed by atoms with Crippen molar-refractivity contribution < 1.29 is 5.11 Å². The van der Waals surface area contributed by atoms with E-state index in [-0.39, 0.29) is 0 Å². The van der Waals surface area contributed by atoms with Crippen LogP contribution in [0.4, 0.5) is 5.13 Å². The van der Waals surface area contributed by atoms with Crippen molar-refractivity contribution in [2.24, 2.45) is 0 Å². The highest BCUT2D eigenvalue weighted by molar-refractivity contribution is 7.13. The summed E-state index contributed by atoms with van der Waals surface area (Å²) in [6.07, 6.45) is 0. The van der Waals surface area contributed by atoms with Gasteiger partial charge >= 0.3 is 0 Å². The van der Waals surface area contributed by atoms with Crippen LogP contribution >= 0.6 is 11.3 Å². The maximum absolute atomic E-state index is 10.0. The minimum absolute atomic E-state index is 0.319. The van der Waals surface area contributed by atoms with Gasteiger partial charge in [-0.3, -0.25) is 0 Å². The van der Waals surface area contributed by atoms with E-state index in [0.717, 1.165) is 27.2 Å². The van der Waals surface area contributed by atoms with Crippen LogP contribution in [0, 0.1) is 6.92 Å². The second kappa shape index (κ2) is 4.90. The monoisotopic (exact) mass is 270 g/mol. The third-order valence-corrected chi connectivity index (χ3v) is 3.97. The van der Waals surface area contributed by atoms with Crippen molar-refractivity contribution in [1.82, 2.24) is 4.98 Å². The number of anilines is 1. The first kappa shape index (κ1) is 12.0. The Balaban J connectivity index is 1.93. The summed E-state index contributed by atoms with van der Waals surface area (Å²) in [5, 5.41) is 18.4. The maximum atomic E-state index is 10.0. The molecule has 1 aromatic heterocycles. The topological polar surface area (TPSA) is 45.1 Å². The number of aryl methyl sites for hydroxylation is 1. The molecular formula is C15H14N2OS. The highest BCUT2D eigenvalue weighted by Crippen LogP contribution is 2.28. The average molecular weight is 270 g/mol. The Labute approximate surface area is 115 Å². The zero-order chi connectivity index (χ0) is 13.2. The predicted molar refractivity (Wildman–Crippen MR) is 79.8 cm³/mol. The van der Waals surface area contributed by atoms with Crippen LogP contribution < -0.4 is 5.32 Å². The number of aromatic nitrogens is 1. The summed E-state index contributed by atoms with van der Waals surface area (Å²) in [6, 6.07) is 11.7. The smallest absolute Gasteiger partial charge is 0.183 e. The predicted octanol–water partition coefficient (Wildman–Crippen LogP) is 3.92. The van der Waals surface area contributed by atoms with Crippen LogP contribution in [0.3, 0.4) is 0 Å². The molecule has 0 aliphatic carbocycles. The molecule has 0 bridgehead atoms. The molecule has 4 heteroatoms. The third kappa shape index (κ3) is 2.39. The van der Waals surface area contributed by atoms with E-state index in [0.29, 0.717) is 12.3 Å². The lowest BCUT2D eigenvalue weighted by molar-refractivity contribution is 0.470. The van der Waals surface area contributed by atoms with Crippen molar-refractivity contribution >= 4 is 27.2 Å². The van der Waals surface area contributed by atoms with Crippen LogP contribution in [0.1, 0.15) is 11.3 Å². The van der Waals surface area contributed by atoms with Gasteiger partial charge in [0.25, 0.3) is 0 Å². The SMILES string of the molecule is Cc1csc(NCc2c(O)ccc3ccccc23)n1. The molecule has 0 amide bonds. The highest BCUT2D eigenvalue weighted by Gasteiger charge is 2.07. The number of hydrogen-bond donors (Lipinski definition) is 2. The van der Waals surface area contributed by atoms with Gasteiger partial charge in [-0.25, -0.2) is 4.98 Å². The van der Waals surface area contributed by atoms with E-state index in [9.17, 15) is 5.11 Å². The van der Waals surface area contributed by atoms with Crippen LogP contribution in [0.2, 0.25) is 0 Å². The maximum Gasteiger partial charge on any atom is 0.183 e. The van der Waals surface area contributed by atoms with Crippen molar-refractivity contribution in [2.45, 2.75) is 13.5 Å². The Morgan fingerprint density at radius 1 is 1.21 bits per heavy atom. The Morgan fingerprint density at radius 3 is 2.84 bits per heavy atom. The van der Waals surface area contributed by atoms with Gasteiger partial charge < -0.3 is 10.4 Å². The molecule has 19 heavy (non-hydrogen) atoms. The summed E-state index contributed by atoms with van der Waals surface area (Å²) in [5.41, 5.74) is 1.92. The summed E-state index contributed by atoms with van der Waals surface area (Å²) in [4.78, 5) is 4.36. The molecule has 2 N–H and O–H groups in total. The highest BCUT2D eigenvalue weighted by atomic mass is 32.1. The minimum atomic E-state index is 0.319. The van der Waals surface area contributed by atoms with E-state index in [2.05, 4.69) is 10.3 Å². The molecule has 3 nitrogen and oxygen atoms in total. The van der Waals surface area contributed by atoms with E-state index in [1.54, 1.807) is 17.4 Å². The van der Waals surface area contributed by atoms with E-state index >= 15 is 0 Å². The quantitative estimate of drug-likeness (QED) is 0.758. The lowest BCUT2D eigenvalue weighted by Crippen LogP contribution is -2.00. The Hall–Kier alpha value is -2.07. The molecule has 0 spiro atoms. The molecule has 0 saturated heterocycles. The third-order valence-electron chi connectivity index (χ3n) is 3.05. The van der Waals surface area contributed by atoms with Crippen molar-refractivity contribution in [2.75, 3.05) is 5.32 Å². The fraction of sp³-hybridized carbons (Fsp3) is 0.133. The van der Waals surface area contributed by atoms with Gasteiger partial charge in [0.1, 0.15) is 5.75 Å². The number of hydrogen-bond acceptors (Lipinski definition) is 4. The number of phenolic OH excluding ortho intramolecular Hbond substituents is 1. The molecule has 0 aliphatic rings. The Bertz CT molecular complexity index is 721. The fourth-order valence-electron chi connectivity index (χ4n) is 2.11. The number of nitrogens with zero attached hydrogens (tertiary/aromatic N) is 1. The average Bonchev–Trinajstić information content (AvgIpc) is 2.83. The van der Waals surface area contributed by atoms with Crippen molar-refractivity contribution in [1.29, 1.82) is 0 Å². The van der Waals surface area contributed by atoms with Crippen molar-refractivity contribution in [3.05, 3.63) is 53.0 Å². The van der Waals surface area contributed by atoms with Gasteiger partial charge in [0.2, 0.25) is 0 Å². The number of aromatic hydroxyl groups is 1. The largest absolute Gasteiger partial charge is 0.508 e. The molecule has 0 radical (unpaired) electrons. The van der Waals surface area contributed by atoms with Crippen molar-refractivity contribution in [3.8, 4) is 5.75 Å². The lowest BCUT2D eigenvalue weighted by atomic mass is 10.0. The van der Waals surface area contributed by atoms with E-state index < -0.39 is 0 Å². The lowest BCUT2D eigenvalue weighted by Gasteiger charge is -2.09. The van der Waals surface area contributed by atoms with Gasteiger partial charge in [0.05, 0.1) is 5.69 Å². The first-order valence-electron chi connectivity index (χ1n) is 6.09. The number of phenols is 1. The normalized spacial score (nSPS) is 10.8. The Kier molecular flexibility index (Phi) is 3.09. The molecule has 0 fully saturated rings. The molecule has 96 valence electrons. The summed E-state index contributed by atoms with van der Waals surface area (Å²) in [7, 11) is 0. The minimum Gasteiger partial charge on any atom is -0.508 e. The number of fused-ring (bicyclic) bond motifs is 1. The first-order chi connectivity index (χ1) is 9.24.